The van der Waals surface area contributed by atoms with E-state index < -0.39 is 0 Å². The molecule has 1 aromatic heterocycles. The first-order valence-electron chi connectivity index (χ1n) is 9.07. The standard InChI is InChI=1S/C23H21N3O3/c1-24-23(28)19-10-7-17(8-11-19)9-12-22(27)26-20-5-2-6-21(14-20)29-16-18-4-3-13-25-15-18/h2-15H,16H2,1H3,(H,24,28)(H,26,27)/b12-9+. The number of aromatic nitrogens is 1. The summed E-state index contributed by atoms with van der Waals surface area (Å²) in [5, 5.41) is 5.37. The predicted molar refractivity (Wildman–Crippen MR) is 113 cm³/mol. The van der Waals surface area contributed by atoms with Gasteiger partial charge in [0.25, 0.3) is 5.91 Å². The molecular formula is C23H21N3O3. The van der Waals surface area contributed by atoms with E-state index in [1.165, 1.54) is 6.08 Å². The van der Waals surface area contributed by atoms with Gasteiger partial charge in [0.05, 0.1) is 0 Å². The quantitative estimate of drug-likeness (QED) is 0.606. The van der Waals surface area contributed by atoms with Crippen LogP contribution in [-0.4, -0.2) is 23.8 Å². The minimum atomic E-state index is -0.259. The Labute approximate surface area is 169 Å². The minimum absolute atomic E-state index is 0.149. The van der Waals surface area contributed by atoms with E-state index in [1.807, 2.05) is 24.3 Å². The van der Waals surface area contributed by atoms with Crippen molar-refractivity contribution in [3.63, 3.8) is 0 Å². The number of ether oxygens (including phenoxy) is 1. The van der Waals surface area contributed by atoms with Crippen molar-refractivity contribution in [2.45, 2.75) is 6.61 Å². The van der Waals surface area contributed by atoms with Crippen LogP contribution in [0.1, 0.15) is 21.5 Å². The van der Waals surface area contributed by atoms with Gasteiger partial charge in [-0.2, -0.15) is 0 Å². The van der Waals surface area contributed by atoms with Crippen molar-refractivity contribution in [1.29, 1.82) is 0 Å². The zero-order valence-corrected chi connectivity index (χ0v) is 16.0. The number of nitrogens with zero attached hydrogens (tertiary/aromatic N) is 1. The molecule has 0 saturated heterocycles. The van der Waals surface area contributed by atoms with Crippen LogP contribution in [0.15, 0.2) is 79.1 Å². The van der Waals surface area contributed by atoms with Gasteiger partial charge in [0, 0.05) is 48.4 Å². The highest BCUT2D eigenvalue weighted by atomic mass is 16.5. The molecule has 6 nitrogen and oxygen atoms in total. The van der Waals surface area contributed by atoms with Gasteiger partial charge in [0.1, 0.15) is 12.4 Å². The van der Waals surface area contributed by atoms with Crippen LogP contribution in [0, 0.1) is 0 Å². The van der Waals surface area contributed by atoms with E-state index in [-0.39, 0.29) is 11.8 Å². The van der Waals surface area contributed by atoms with E-state index in [4.69, 9.17) is 4.74 Å². The number of hydrogen-bond donors (Lipinski definition) is 2. The van der Waals surface area contributed by atoms with Gasteiger partial charge in [0.2, 0.25) is 5.91 Å². The van der Waals surface area contributed by atoms with E-state index >= 15 is 0 Å². The van der Waals surface area contributed by atoms with Crippen LogP contribution in [0.3, 0.4) is 0 Å². The van der Waals surface area contributed by atoms with Gasteiger partial charge in [-0.25, -0.2) is 0 Å². The molecule has 2 aromatic carbocycles. The third kappa shape index (κ3) is 6.04. The zero-order valence-electron chi connectivity index (χ0n) is 16.0. The van der Waals surface area contributed by atoms with E-state index in [0.717, 1.165) is 11.1 Å². The van der Waals surface area contributed by atoms with E-state index in [1.54, 1.807) is 61.9 Å². The van der Waals surface area contributed by atoms with Gasteiger partial charge in [-0.05, 0) is 42.0 Å². The first-order valence-corrected chi connectivity index (χ1v) is 9.07. The summed E-state index contributed by atoms with van der Waals surface area (Å²) in [5.41, 5.74) is 2.99. The van der Waals surface area contributed by atoms with Crippen molar-refractivity contribution >= 4 is 23.6 Å². The number of nitrogens with one attached hydrogen (secondary N) is 2. The first-order chi connectivity index (χ1) is 14.1. The molecule has 0 radical (unpaired) electrons. The highest BCUT2D eigenvalue weighted by Gasteiger charge is 2.03. The van der Waals surface area contributed by atoms with Crippen molar-refractivity contribution in [2.24, 2.45) is 0 Å². The highest BCUT2D eigenvalue weighted by molar-refractivity contribution is 6.02. The summed E-state index contributed by atoms with van der Waals surface area (Å²) >= 11 is 0. The van der Waals surface area contributed by atoms with Crippen LogP contribution >= 0.6 is 0 Å². The van der Waals surface area contributed by atoms with Crippen LogP contribution in [-0.2, 0) is 11.4 Å². The Morgan fingerprint density at radius 1 is 1.07 bits per heavy atom. The molecule has 146 valence electrons. The smallest absolute Gasteiger partial charge is 0.251 e. The van der Waals surface area contributed by atoms with Crippen molar-refractivity contribution in [1.82, 2.24) is 10.3 Å². The maximum Gasteiger partial charge on any atom is 0.251 e. The van der Waals surface area contributed by atoms with Crippen LogP contribution in [0.4, 0.5) is 5.69 Å². The van der Waals surface area contributed by atoms with Gasteiger partial charge in [0.15, 0.2) is 0 Å². The summed E-state index contributed by atoms with van der Waals surface area (Å²) in [5.74, 6) is 0.245. The Bertz CT molecular complexity index is 999. The monoisotopic (exact) mass is 387 g/mol. The zero-order chi connectivity index (χ0) is 20.5. The molecule has 0 spiro atoms. The summed E-state index contributed by atoms with van der Waals surface area (Å²) < 4.78 is 5.74. The second-order valence-corrected chi connectivity index (χ2v) is 6.20. The van der Waals surface area contributed by atoms with Crippen molar-refractivity contribution in [3.05, 3.63) is 95.8 Å². The Kier molecular flexibility index (Phi) is 6.73. The summed E-state index contributed by atoms with van der Waals surface area (Å²) in [6.45, 7) is 0.400. The van der Waals surface area contributed by atoms with Gasteiger partial charge in [-0.3, -0.25) is 14.6 Å². The molecule has 3 aromatic rings. The van der Waals surface area contributed by atoms with E-state index in [0.29, 0.717) is 23.6 Å². The highest BCUT2D eigenvalue weighted by Crippen LogP contribution is 2.18. The topological polar surface area (TPSA) is 80.3 Å². The SMILES string of the molecule is CNC(=O)c1ccc(/C=C/C(=O)Nc2cccc(OCc3cccnc3)c2)cc1. The number of rotatable bonds is 7. The fraction of sp³-hybridized carbons (Fsp3) is 0.0870. The molecule has 0 unspecified atom stereocenters. The van der Waals surface area contributed by atoms with Gasteiger partial charge in [-0.1, -0.05) is 24.3 Å². The number of carbonyl (C=O) groups excluding carboxylic acids is 2. The van der Waals surface area contributed by atoms with Crippen LogP contribution in [0.2, 0.25) is 0 Å². The Hall–Kier alpha value is -3.93. The van der Waals surface area contributed by atoms with Gasteiger partial charge >= 0.3 is 0 Å². The third-order valence-corrected chi connectivity index (χ3v) is 4.06. The van der Waals surface area contributed by atoms with Crippen molar-refractivity contribution < 1.29 is 14.3 Å². The lowest BCUT2D eigenvalue weighted by molar-refractivity contribution is -0.111. The average Bonchev–Trinajstić information content (AvgIpc) is 2.77. The predicted octanol–water partition coefficient (Wildman–Crippen LogP) is 3.67. The summed E-state index contributed by atoms with van der Waals surface area (Å²) in [6.07, 6.45) is 6.59. The number of carbonyl (C=O) groups is 2. The molecule has 3 rings (SSSR count). The molecule has 2 N–H and O–H groups in total. The van der Waals surface area contributed by atoms with E-state index in [9.17, 15) is 9.59 Å². The Morgan fingerprint density at radius 3 is 2.62 bits per heavy atom. The molecule has 0 bridgehead atoms. The van der Waals surface area contributed by atoms with Crippen molar-refractivity contribution in [3.8, 4) is 5.75 Å². The Balaban J connectivity index is 1.56. The molecule has 0 saturated carbocycles. The maximum absolute atomic E-state index is 12.2. The molecule has 0 atom stereocenters. The lowest BCUT2D eigenvalue weighted by Crippen LogP contribution is -2.17. The summed E-state index contributed by atoms with van der Waals surface area (Å²) in [4.78, 5) is 27.8. The molecule has 0 aliphatic rings. The number of amides is 2. The molecular weight excluding hydrogens is 366 g/mol. The first kappa shape index (κ1) is 19.8. The van der Waals surface area contributed by atoms with Gasteiger partial charge < -0.3 is 15.4 Å². The maximum atomic E-state index is 12.2. The number of pyridine rings is 1. The van der Waals surface area contributed by atoms with Gasteiger partial charge in [-0.15, -0.1) is 0 Å². The lowest BCUT2D eigenvalue weighted by Gasteiger charge is -2.08. The fourth-order valence-electron chi connectivity index (χ4n) is 2.56. The fourth-order valence-corrected chi connectivity index (χ4v) is 2.56. The Morgan fingerprint density at radius 2 is 1.90 bits per heavy atom. The number of hydrogen-bond acceptors (Lipinski definition) is 4. The second kappa shape index (κ2) is 9.85. The molecule has 0 aliphatic carbocycles. The molecule has 0 fully saturated rings. The number of benzene rings is 2. The molecule has 1 heterocycles. The molecule has 29 heavy (non-hydrogen) atoms. The minimum Gasteiger partial charge on any atom is -0.489 e. The molecule has 6 heteroatoms. The second-order valence-electron chi connectivity index (χ2n) is 6.20. The lowest BCUT2D eigenvalue weighted by atomic mass is 10.1. The summed E-state index contributed by atoms with van der Waals surface area (Å²) in [7, 11) is 1.58. The van der Waals surface area contributed by atoms with Crippen molar-refractivity contribution in [2.75, 3.05) is 12.4 Å². The van der Waals surface area contributed by atoms with Crippen LogP contribution in [0.25, 0.3) is 6.08 Å². The van der Waals surface area contributed by atoms with Crippen LogP contribution < -0.4 is 15.4 Å². The average molecular weight is 387 g/mol. The third-order valence-electron chi connectivity index (χ3n) is 4.06. The number of anilines is 1. The van der Waals surface area contributed by atoms with E-state index in [2.05, 4.69) is 15.6 Å². The molecule has 0 aliphatic heterocycles. The summed E-state index contributed by atoms with van der Waals surface area (Å²) in [6, 6.07) is 18.0. The largest absolute Gasteiger partial charge is 0.489 e. The normalized spacial score (nSPS) is 10.5. The van der Waals surface area contributed by atoms with Crippen LogP contribution in [0.5, 0.6) is 5.75 Å². The molecule has 2 amide bonds.